The molecular formula is C37H30N2O2. The molecule has 0 saturated carbocycles. The summed E-state index contributed by atoms with van der Waals surface area (Å²) in [6, 6.07) is 30.0. The number of ether oxygens (including phenoxy) is 1. The number of aromatic nitrogens is 1. The number of furan rings is 1. The number of benzene rings is 4. The Hall–Kier alpha value is -4.70. The maximum absolute atomic E-state index is 6.79. The van der Waals surface area contributed by atoms with E-state index in [0.717, 1.165) is 59.1 Å². The molecule has 0 fully saturated rings. The quantitative estimate of drug-likeness (QED) is 0.225. The van der Waals surface area contributed by atoms with Gasteiger partial charge in [0.25, 0.3) is 0 Å². The number of nitrogens with zero attached hydrogens (tertiary/aromatic N) is 1. The van der Waals surface area contributed by atoms with Crippen molar-refractivity contribution in [3.05, 3.63) is 119 Å². The minimum absolute atomic E-state index is 0.0673. The molecule has 3 aliphatic rings. The van der Waals surface area contributed by atoms with Crippen molar-refractivity contribution < 1.29 is 9.15 Å². The Morgan fingerprint density at radius 3 is 2.56 bits per heavy atom. The maximum atomic E-state index is 6.79. The molecule has 200 valence electrons. The minimum atomic E-state index is -0.111. The van der Waals surface area contributed by atoms with E-state index in [1.807, 2.05) is 18.2 Å². The molecule has 2 unspecified atom stereocenters. The van der Waals surface area contributed by atoms with E-state index in [-0.39, 0.29) is 11.5 Å². The predicted octanol–water partition coefficient (Wildman–Crippen LogP) is 9.18. The molecule has 0 radical (unpaired) electrons. The van der Waals surface area contributed by atoms with Crippen molar-refractivity contribution in [3.63, 3.8) is 0 Å². The van der Waals surface area contributed by atoms with Gasteiger partial charge in [0.15, 0.2) is 0 Å². The number of allylic oxidation sites excluding steroid dienone is 4. The summed E-state index contributed by atoms with van der Waals surface area (Å²) in [6.45, 7) is 2.35. The average Bonchev–Trinajstić information content (AvgIpc) is 3.65. The molecule has 0 bridgehead atoms. The molecule has 4 nitrogen and oxygen atoms in total. The van der Waals surface area contributed by atoms with Gasteiger partial charge in [0, 0.05) is 49.7 Å². The summed E-state index contributed by atoms with van der Waals surface area (Å²) in [5.41, 5.74) is 17.8. The van der Waals surface area contributed by atoms with Crippen LogP contribution in [0.1, 0.15) is 54.7 Å². The lowest BCUT2D eigenvalue weighted by Crippen LogP contribution is -2.33. The Bertz CT molecular complexity index is 2120. The number of nitrogens with two attached hydrogens (primary N) is 1. The summed E-state index contributed by atoms with van der Waals surface area (Å²) in [6.07, 6.45) is 8.81. The van der Waals surface area contributed by atoms with Crippen LogP contribution in [0.2, 0.25) is 0 Å². The number of hydrogen-bond donors (Lipinski definition) is 1. The van der Waals surface area contributed by atoms with Crippen molar-refractivity contribution in [2.24, 2.45) is 0 Å². The van der Waals surface area contributed by atoms with Crippen molar-refractivity contribution in [2.45, 2.75) is 44.1 Å². The van der Waals surface area contributed by atoms with Gasteiger partial charge in [-0.1, -0.05) is 73.7 Å². The Morgan fingerprint density at radius 1 is 0.829 bits per heavy atom. The molecule has 0 saturated heterocycles. The zero-order valence-corrected chi connectivity index (χ0v) is 23.0. The zero-order chi connectivity index (χ0) is 27.3. The van der Waals surface area contributed by atoms with Crippen molar-refractivity contribution in [3.8, 4) is 5.75 Å². The van der Waals surface area contributed by atoms with E-state index in [4.69, 9.17) is 14.9 Å². The highest BCUT2D eigenvalue weighted by Gasteiger charge is 2.51. The van der Waals surface area contributed by atoms with E-state index in [2.05, 4.69) is 90.4 Å². The minimum Gasteiger partial charge on any atom is -0.482 e. The van der Waals surface area contributed by atoms with Crippen LogP contribution in [0.3, 0.4) is 0 Å². The third-order valence-corrected chi connectivity index (χ3v) is 9.69. The number of hydrogen-bond acceptors (Lipinski definition) is 3. The van der Waals surface area contributed by atoms with E-state index in [1.165, 1.54) is 44.6 Å². The molecule has 1 aliphatic heterocycles. The Morgan fingerprint density at radius 2 is 1.63 bits per heavy atom. The average molecular weight is 535 g/mol. The molecule has 41 heavy (non-hydrogen) atoms. The Labute approximate surface area is 238 Å². The number of anilines is 1. The third kappa shape index (κ3) is 3.05. The topological polar surface area (TPSA) is 53.3 Å². The number of nitrogen functional groups attached to an aromatic ring is 1. The highest BCUT2D eigenvalue weighted by Crippen LogP contribution is 2.59. The number of fused-ring (bicyclic) bond motifs is 10. The first-order chi connectivity index (χ1) is 20.1. The van der Waals surface area contributed by atoms with Crippen molar-refractivity contribution in [1.82, 2.24) is 4.57 Å². The van der Waals surface area contributed by atoms with Gasteiger partial charge < -0.3 is 19.5 Å². The summed E-state index contributed by atoms with van der Waals surface area (Å²) < 4.78 is 15.5. The first-order valence-electron chi connectivity index (χ1n) is 14.6. The van der Waals surface area contributed by atoms with Crippen LogP contribution in [0.5, 0.6) is 5.75 Å². The maximum Gasteiger partial charge on any atom is 0.147 e. The van der Waals surface area contributed by atoms with Crippen molar-refractivity contribution in [2.75, 3.05) is 5.73 Å². The largest absolute Gasteiger partial charge is 0.482 e. The van der Waals surface area contributed by atoms with Gasteiger partial charge in [-0.2, -0.15) is 0 Å². The molecule has 2 N–H and O–H groups in total. The molecule has 2 atom stereocenters. The molecule has 3 heterocycles. The molecule has 9 rings (SSSR count). The SMILES string of the molecule is CC12CCc3c(c4ccccc4n3C3=CCCC=C3c3ccc4oc5ccccc5c4c3)C1Oc1c(N)cccc12. The van der Waals surface area contributed by atoms with Gasteiger partial charge in [0.2, 0.25) is 0 Å². The zero-order valence-electron chi connectivity index (χ0n) is 23.0. The fraction of sp³-hybridized carbons (Fsp3) is 0.189. The van der Waals surface area contributed by atoms with Crippen LogP contribution in [0.25, 0.3) is 44.1 Å². The van der Waals surface area contributed by atoms with Crippen LogP contribution < -0.4 is 10.5 Å². The number of rotatable bonds is 2. The van der Waals surface area contributed by atoms with Crippen LogP contribution in [-0.4, -0.2) is 4.57 Å². The van der Waals surface area contributed by atoms with E-state index in [1.54, 1.807) is 0 Å². The Kier molecular flexibility index (Phi) is 4.59. The van der Waals surface area contributed by atoms with Gasteiger partial charge in [0.05, 0.1) is 11.2 Å². The van der Waals surface area contributed by atoms with Crippen LogP contribution in [0, 0.1) is 0 Å². The summed E-state index contributed by atoms with van der Waals surface area (Å²) in [5.74, 6) is 0.864. The Balaban J connectivity index is 1.24. The first-order valence-corrected chi connectivity index (χ1v) is 14.6. The van der Waals surface area contributed by atoms with Gasteiger partial charge >= 0.3 is 0 Å². The van der Waals surface area contributed by atoms with Crippen LogP contribution in [0.15, 0.2) is 101 Å². The van der Waals surface area contributed by atoms with Crippen molar-refractivity contribution in [1.29, 1.82) is 0 Å². The molecule has 0 spiro atoms. The number of para-hydroxylation sites is 3. The normalized spacial score (nSPS) is 21.3. The molecule has 0 amide bonds. The lowest BCUT2D eigenvalue weighted by atomic mass is 9.69. The predicted molar refractivity (Wildman–Crippen MR) is 167 cm³/mol. The summed E-state index contributed by atoms with van der Waals surface area (Å²) in [5, 5.41) is 3.59. The second-order valence-electron chi connectivity index (χ2n) is 11.9. The van der Waals surface area contributed by atoms with Crippen LogP contribution in [0.4, 0.5) is 5.69 Å². The van der Waals surface area contributed by atoms with Gasteiger partial charge in [-0.05, 0) is 61.6 Å². The highest BCUT2D eigenvalue weighted by molar-refractivity contribution is 6.09. The van der Waals surface area contributed by atoms with Crippen LogP contribution >= 0.6 is 0 Å². The molecule has 2 aliphatic carbocycles. The summed E-state index contributed by atoms with van der Waals surface area (Å²) >= 11 is 0. The summed E-state index contributed by atoms with van der Waals surface area (Å²) in [7, 11) is 0. The second-order valence-corrected chi connectivity index (χ2v) is 11.9. The fourth-order valence-corrected chi connectivity index (χ4v) is 7.71. The molecule has 4 heteroatoms. The fourth-order valence-electron chi connectivity index (χ4n) is 7.71. The third-order valence-electron chi connectivity index (χ3n) is 9.69. The highest BCUT2D eigenvalue weighted by atomic mass is 16.5. The van der Waals surface area contributed by atoms with Gasteiger partial charge in [-0.15, -0.1) is 0 Å². The first kappa shape index (κ1) is 23.0. The molecule has 4 aromatic carbocycles. The summed E-state index contributed by atoms with van der Waals surface area (Å²) in [4.78, 5) is 0. The molecule has 6 aromatic rings. The van der Waals surface area contributed by atoms with E-state index >= 15 is 0 Å². The second kappa shape index (κ2) is 8.17. The monoisotopic (exact) mass is 534 g/mol. The van der Waals surface area contributed by atoms with E-state index < -0.39 is 0 Å². The smallest absolute Gasteiger partial charge is 0.147 e. The van der Waals surface area contributed by atoms with Gasteiger partial charge in [-0.25, -0.2) is 0 Å². The van der Waals surface area contributed by atoms with Crippen molar-refractivity contribution >= 4 is 49.8 Å². The van der Waals surface area contributed by atoms with Gasteiger partial charge in [0.1, 0.15) is 23.0 Å². The lowest BCUT2D eigenvalue weighted by molar-refractivity contribution is 0.141. The van der Waals surface area contributed by atoms with E-state index in [0.29, 0.717) is 0 Å². The lowest BCUT2D eigenvalue weighted by Gasteiger charge is -2.36. The molecule has 2 aromatic heterocycles. The molecular weight excluding hydrogens is 504 g/mol. The van der Waals surface area contributed by atoms with E-state index in [9.17, 15) is 0 Å². The standard InChI is InChI=1S/C37H30N2O2/c1-37-20-19-31-34(36(37)41-35-27(37)12-8-13-28(35)38)25-11-3-6-15-30(25)39(31)29-14-5-2-9-23(29)22-17-18-33-26(21-22)24-10-4-7-16-32(24)40-33/h3-4,6-18,21,36H,2,5,19-20,38H2,1H3. The van der Waals surface area contributed by atoms with Gasteiger partial charge in [-0.3, -0.25) is 0 Å². The van der Waals surface area contributed by atoms with Crippen LogP contribution in [-0.2, 0) is 11.8 Å².